The third-order valence-corrected chi connectivity index (χ3v) is 3.03. The van der Waals surface area contributed by atoms with Gasteiger partial charge in [-0.3, -0.25) is 10.1 Å². The van der Waals surface area contributed by atoms with Gasteiger partial charge in [0.05, 0.1) is 11.6 Å². The van der Waals surface area contributed by atoms with E-state index in [0.29, 0.717) is 6.04 Å². The van der Waals surface area contributed by atoms with Crippen LogP contribution in [0.2, 0.25) is 0 Å². The normalized spacial score (nSPS) is 19.1. The van der Waals surface area contributed by atoms with E-state index in [1.807, 2.05) is 20.8 Å². The average Bonchev–Trinajstić information content (AvgIpc) is 2.69. The van der Waals surface area contributed by atoms with Gasteiger partial charge in [-0.05, 0) is 33.6 Å². The third kappa shape index (κ3) is 3.86. The molecule has 0 saturated heterocycles. The maximum absolute atomic E-state index is 11.9. The first kappa shape index (κ1) is 13.1. The Morgan fingerprint density at radius 2 is 2.00 bits per heavy atom. The van der Waals surface area contributed by atoms with Crippen LogP contribution in [-0.2, 0) is 4.79 Å². The molecule has 1 atom stereocenters. The van der Waals surface area contributed by atoms with Gasteiger partial charge < -0.3 is 5.32 Å². The summed E-state index contributed by atoms with van der Waals surface area (Å²) in [7, 11) is 0. The number of carbonyl (C=O) groups excluding carboxylic acids is 1. The number of terminal acetylenes is 1. The molecule has 1 amide bonds. The van der Waals surface area contributed by atoms with E-state index in [9.17, 15) is 4.79 Å². The van der Waals surface area contributed by atoms with Gasteiger partial charge in [-0.15, -0.1) is 6.42 Å². The molecule has 0 bridgehead atoms. The summed E-state index contributed by atoms with van der Waals surface area (Å²) in [6.07, 6.45) is 10.0. The van der Waals surface area contributed by atoms with Crippen molar-refractivity contribution in [2.75, 3.05) is 0 Å². The van der Waals surface area contributed by atoms with Crippen LogP contribution in [0.3, 0.4) is 0 Å². The Balaban J connectivity index is 2.39. The minimum Gasteiger partial charge on any atom is -0.352 e. The molecule has 2 N–H and O–H groups in total. The van der Waals surface area contributed by atoms with Crippen molar-refractivity contribution >= 4 is 5.91 Å². The van der Waals surface area contributed by atoms with Crippen LogP contribution in [0.1, 0.15) is 46.5 Å². The number of hydrogen-bond acceptors (Lipinski definition) is 2. The van der Waals surface area contributed by atoms with E-state index in [0.717, 1.165) is 12.8 Å². The maximum Gasteiger partial charge on any atom is 0.237 e. The number of hydrogen-bond donors (Lipinski definition) is 2. The molecule has 1 fully saturated rings. The minimum atomic E-state index is -0.438. The van der Waals surface area contributed by atoms with Crippen LogP contribution in [0.25, 0.3) is 0 Å². The van der Waals surface area contributed by atoms with Crippen molar-refractivity contribution < 1.29 is 4.79 Å². The molecule has 1 unspecified atom stereocenters. The summed E-state index contributed by atoms with van der Waals surface area (Å²) < 4.78 is 0. The fraction of sp³-hybridized carbons (Fsp3) is 0.769. The van der Waals surface area contributed by atoms with E-state index >= 15 is 0 Å². The van der Waals surface area contributed by atoms with Gasteiger partial charge in [0.1, 0.15) is 0 Å². The first-order chi connectivity index (χ1) is 7.44. The molecular weight excluding hydrogens is 200 g/mol. The summed E-state index contributed by atoms with van der Waals surface area (Å²) in [5.74, 6) is 2.68. The quantitative estimate of drug-likeness (QED) is 0.707. The van der Waals surface area contributed by atoms with E-state index in [4.69, 9.17) is 6.42 Å². The lowest BCUT2D eigenvalue weighted by atomic mass is 10.1. The largest absolute Gasteiger partial charge is 0.352 e. The van der Waals surface area contributed by atoms with Crippen molar-refractivity contribution in [3.05, 3.63) is 0 Å². The lowest BCUT2D eigenvalue weighted by Gasteiger charge is -2.25. The zero-order valence-electron chi connectivity index (χ0n) is 10.5. The first-order valence-electron chi connectivity index (χ1n) is 6.00. The molecule has 1 aliphatic rings. The summed E-state index contributed by atoms with van der Waals surface area (Å²) in [6.45, 7) is 5.64. The van der Waals surface area contributed by atoms with Gasteiger partial charge in [0.15, 0.2) is 0 Å². The van der Waals surface area contributed by atoms with E-state index in [1.54, 1.807) is 0 Å². The molecular formula is C13H22N2O. The second kappa shape index (κ2) is 5.36. The van der Waals surface area contributed by atoms with Gasteiger partial charge in [0.25, 0.3) is 0 Å². The molecule has 1 rings (SSSR count). The van der Waals surface area contributed by atoms with Gasteiger partial charge in [-0.2, -0.15) is 0 Å². The zero-order valence-corrected chi connectivity index (χ0v) is 10.5. The zero-order chi connectivity index (χ0) is 12.2. The van der Waals surface area contributed by atoms with Crippen LogP contribution in [0.15, 0.2) is 0 Å². The molecule has 0 spiro atoms. The van der Waals surface area contributed by atoms with Crippen LogP contribution in [0.5, 0.6) is 0 Å². The van der Waals surface area contributed by atoms with Crippen LogP contribution < -0.4 is 10.6 Å². The highest BCUT2D eigenvalue weighted by atomic mass is 16.2. The first-order valence-corrected chi connectivity index (χ1v) is 6.00. The fourth-order valence-electron chi connectivity index (χ4n) is 2.04. The summed E-state index contributed by atoms with van der Waals surface area (Å²) in [5.41, 5.74) is -0.438. The molecule has 0 heterocycles. The van der Waals surface area contributed by atoms with Crippen molar-refractivity contribution in [3.8, 4) is 12.3 Å². The molecule has 90 valence electrons. The van der Waals surface area contributed by atoms with Crippen LogP contribution >= 0.6 is 0 Å². The average molecular weight is 222 g/mol. The summed E-state index contributed by atoms with van der Waals surface area (Å²) in [5, 5.41) is 6.19. The number of amides is 1. The number of carbonyl (C=O) groups is 1. The predicted molar refractivity (Wildman–Crippen MR) is 65.9 cm³/mol. The standard InChI is InChI=1S/C13H22N2O/c1-5-13(3,4)15-10(2)12(16)14-11-8-6-7-9-11/h1,10-11,15H,6-9H2,2-4H3,(H,14,16). The summed E-state index contributed by atoms with van der Waals surface area (Å²) in [4.78, 5) is 11.9. The van der Waals surface area contributed by atoms with E-state index in [2.05, 4.69) is 16.6 Å². The van der Waals surface area contributed by atoms with Gasteiger partial charge in [0.2, 0.25) is 5.91 Å². The fourth-order valence-corrected chi connectivity index (χ4v) is 2.04. The Labute approximate surface area is 98.4 Å². The number of nitrogens with one attached hydrogen (secondary N) is 2. The molecule has 0 aliphatic heterocycles. The molecule has 16 heavy (non-hydrogen) atoms. The second-order valence-electron chi connectivity index (χ2n) is 5.13. The van der Waals surface area contributed by atoms with Crippen molar-refractivity contribution in [1.82, 2.24) is 10.6 Å². The molecule has 0 aromatic heterocycles. The molecule has 0 aromatic carbocycles. The predicted octanol–water partition coefficient (Wildman–Crippen LogP) is 1.44. The van der Waals surface area contributed by atoms with Gasteiger partial charge in [-0.25, -0.2) is 0 Å². The molecule has 3 nitrogen and oxygen atoms in total. The molecule has 3 heteroatoms. The Morgan fingerprint density at radius 3 is 2.50 bits per heavy atom. The SMILES string of the molecule is C#CC(C)(C)NC(C)C(=O)NC1CCCC1. The highest BCUT2D eigenvalue weighted by Crippen LogP contribution is 2.17. The van der Waals surface area contributed by atoms with E-state index in [-0.39, 0.29) is 11.9 Å². The Morgan fingerprint density at radius 1 is 1.44 bits per heavy atom. The molecule has 1 saturated carbocycles. The topological polar surface area (TPSA) is 41.1 Å². The minimum absolute atomic E-state index is 0.0511. The van der Waals surface area contributed by atoms with Gasteiger partial charge in [-0.1, -0.05) is 18.8 Å². The second-order valence-corrected chi connectivity index (χ2v) is 5.13. The highest BCUT2D eigenvalue weighted by molar-refractivity contribution is 5.81. The lowest BCUT2D eigenvalue weighted by Crippen LogP contribution is -2.52. The Bertz CT molecular complexity index is 285. The van der Waals surface area contributed by atoms with Crippen LogP contribution in [0, 0.1) is 12.3 Å². The van der Waals surface area contributed by atoms with Crippen molar-refractivity contribution in [3.63, 3.8) is 0 Å². The third-order valence-electron chi connectivity index (χ3n) is 3.03. The number of rotatable bonds is 4. The van der Waals surface area contributed by atoms with Gasteiger partial charge >= 0.3 is 0 Å². The van der Waals surface area contributed by atoms with Crippen molar-refractivity contribution in [2.24, 2.45) is 0 Å². The highest BCUT2D eigenvalue weighted by Gasteiger charge is 2.24. The van der Waals surface area contributed by atoms with Crippen molar-refractivity contribution in [1.29, 1.82) is 0 Å². The summed E-state index contributed by atoms with van der Waals surface area (Å²) in [6, 6.07) is 0.123. The monoisotopic (exact) mass is 222 g/mol. The van der Waals surface area contributed by atoms with Crippen LogP contribution in [0.4, 0.5) is 0 Å². The maximum atomic E-state index is 11.9. The Kier molecular flexibility index (Phi) is 4.37. The van der Waals surface area contributed by atoms with Gasteiger partial charge in [0, 0.05) is 6.04 Å². The summed E-state index contributed by atoms with van der Waals surface area (Å²) >= 11 is 0. The van der Waals surface area contributed by atoms with E-state index in [1.165, 1.54) is 12.8 Å². The smallest absolute Gasteiger partial charge is 0.237 e. The lowest BCUT2D eigenvalue weighted by molar-refractivity contribution is -0.123. The Hall–Kier alpha value is -1.01. The van der Waals surface area contributed by atoms with Crippen LogP contribution in [-0.4, -0.2) is 23.5 Å². The molecule has 1 aliphatic carbocycles. The van der Waals surface area contributed by atoms with Crippen molar-refractivity contribution in [2.45, 2.75) is 64.1 Å². The van der Waals surface area contributed by atoms with E-state index < -0.39 is 5.54 Å². The molecule has 0 radical (unpaired) electrons. The molecule has 0 aromatic rings.